The van der Waals surface area contributed by atoms with E-state index in [4.69, 9.17) is 10.8 Å². The van der Waals surface area contributed by atoms with Crippen molar-refractivity contribution in [2.45, 2.75) is 0 Å². The van der Waals surface area contributed by atoms with E-state index in [1.807, 2.05) is 54.6 Å². The maximum Gasteiger partial charge on any atom is 0.250 e. The van der Waals surface area contributed by atoms with E-state index in [-0.39, 0.29) is 0 Å². The van der Waals surface area contributed by atoms with Crippen molar-refractivity contribution < 1.29 is 4.42 Å². The van der Waals surface area contributed by atoms with Crippen molar-refractivity contribution in [3.8, 4) is 35.3 Å². The number of hydrogen-bond acceptors (Lipinski definition) is 4. The van der Waals surface area contributed by atoms with E-state index in [1.165, 1.54) is 0 Å². The molecule has 0 aliphatic heterocycles. The lowest BCUT2D eigenvalue weighted by Gasteiger charge is -2.06. The first-order valence-electron chi connectivity index (χ1n) is 6.54. The van der Waals surface area contributed by atoms with Gasteiger partial charge in [-0.1, -0.05) is 36.3 Å². The van der Waals surface area contributed by atoms with E-state index in [9.17, 15) is 0 Å². The molecular weight excluding hydrogens is 262 g/mol. The van der Waals surface area contributed by atoms with Gasteiger partial charge >= 0.3 is 0 Å². The molecule has 0 atom stereocenters. The van der Waals surface area contributed by atoms with Gasteiger partial charge in [-0.2, -0.15) is 0 Å². The highest BCUT2D eigenvalue weighted by Gasteiger charge is 2.13. The van der Waals surface area contributed by atoms with Gasteiger partial charge in [0, 0.05) is 11.3 Å². The topological polar surface area (TPSA) is 51.0 Å². The molecular formula is C17H13N3O. The van der Waals surface area contributed by atoms with Crippen LogP contribution in [0.25, 0.3) is 22.9 Å². The summed E-state index contributed by atoms with van der Waals surface area (Å²) in [5.41, 5.74) is 2.60. The molecule has 4 nitrogen and oxygen atoms in total. The highest BCUT2D eigenvalue weighted by Crippen LogP contribution is 2.29. The first-order valence-corrected chi connectivity index (χ1v) is 6.54. The summed E-state index contributed by atoms with van der Waals surface area (Å²) in [5.74, 6) is 3.51. The molecule has 1 aromatic heterocycles. The second-order valence-electron chi connectivity index (χ2n) is 4.38. The number of terminal acetylenes is 1. The van der Waals surface area contributed by atoms with Crippen LogP contribution in [0, 0.1) is 12.3 Å². The number of rotatable bonds is 4. The van der Waals surface area contributed by atoms with Crippen molar-refractivity contribution in [3.05, 3.63) is 54.6 Å². The Morgan fingerprint density at radius 3 is 2.48 bits per heavy atom. The Morgan fingerprint density at radius 2 is 1.67 bits per heavy atom. The van der Waals surface area contributed by atoms with Gasteiger partial charge in [0.2, 0.25) is 11.8 Å². The molecule has 0 fully saturated rings. The van der Waals surface area contributed by atoms with Crippen LogP contribution in [0.5, 0.6) is 0 Å². The number of nitrogens with zero attached hydrogens (tertiary/aromatic N) is 2. The molecule has 0 saturated carbocycles. The van der Waals surface area contributed by atoms with Gasteiger partial charge in [0.1, 0.15) is 0 Å². The van der Waals surface area contributed by atoms with Crippen LogP contribution in [0.3, 0.4) is 0 Å². The van der Waals surface area contributed by atoms with Gasteiger partial charge < -0.3 is 9.73 Å². The average molecular weight is 275 g/mol. The van der Waals surface area contributed by atoms with Crippen molar-refractivity contribution in [2.24, 2.45) is 0 Å². The lowest BCUT2D eigenvalue weighted by molar-refractivity contribution is 0.585. The first-order chi connectivity index (χ1) is 10.4. The normalized spacial score (nSPS) is 10.0. The maximum atomic E-state index is 5.76. The van der Waals surface area contributed by atoms with Crippen LogP contribution in [0.1, 0.15) is 0 Å². The van der Waals surface area contributed by atoms with E-state index in [1.54, 1.807) is 0 Å². The molecule has 0 amide bonds. The molecule has 1 N–H and O–H groups in total. The molecule has 0 saturated heterocycles. The van der Waals surface area contributed by atoms with Crippen LogP contribution in [0.4, 0.5) is 5.69 Å². The van der Waals surface area contributed by atoms with Gasteiger partial charge in [0.05, 0.1) is 12.1 Å². The Balaban J connectivity index is 1.96. The maximum absolute atomic E-state index is 5.76. The zero-order valence-electron chi connectivity index (χ0n) is 11.3. The number of nitrogens with one attached hydrogen (secondary N) is 1. The number of anilines is 1. The molecule has 0 bridgehead atoms. The Labute approximate surface area is 122 Å². The fraction of sp³-hybridized carbons (Fsp3) is 0.0588. The van der Waals surface area contributed by atoms with Gasteiger partial charge in [0.15, 0.2) is 0 Å². The molecule has 2 aromatic carbocycles. The SMILES string of the molecule is C#CCNc1ccccc1-c1nnc(-c2ccccc2)o1. The van der Waals surface area contributed by atoms with Gasteiger partial charge in [-0.25, -0.2) is 0 Å². The quantitative estimate of drug-likeness (QED) is 0.741. The first kappa shape index (κ1) is 12.9. The molecule has 0 radical (unpaired) electrons. The molecule has 3 rings (SSSR count). The van der Waals surface area contributed by atoms with Crippen LogP contribution >= 0.6 is 0 Å². The third-order valence-corrected chi connectivity index (χ3v) is 2.98. The summed E-state index contributed by atoms with van der Waals surface area (Å²) in [7, 11) is 0. The highest BCUT2D eigenvalue weighted by atomic mass is 16.4. The van der Waals surface area contributed by atoms with Gasteiger partial charge in [-0.3, -0.25) is 0 Å². The fourth-order valence-corrected chi connectivity index (χ4v) is 2.00. The summed E-state index contributed by atoms with van der Waals surface area (Å²) < 4.78 is 5.76. The molecule has 0 unspecified atom stereocenters. The van der Waals surface area contributed by atoms with Gasteiger partial charge in [-0.05, 0) is 24.3 Å². The molecule has 3 aromatic rings. The lowest BCUT2D eigenvalue weighted by Crippen LogP contribution is -1.99. The molecule has 4 heteroatoms. The van der Waals surface area contributed by atoms with E-state index in [2.05, 4.69) is 21.4 Å². The Morgan fingerprint density at radius 1 is 0.952 bits per heavy atom. The van der Waals surface area contributed by atoms with Gasteiger partial charge in [0.25, 0.3) is 0 Å². The van der Waals surface area contributed by atoms with Crippen LogP contribution in [-0.2, 0) is 0 Å². The largest absolute Gasteiger partial charge is 0.416 e. The minimum absolute atomic E-state index is 0.441. The molecule has 1 heterocycles. The fourth-order valence-electron chi connectivity index (χ4n) is 2.00. The number of hydrogen-bond donors (Lipinski definition) is 1. The minimum atomic E-state index is 0.441. The summed E-state index contributed by atoms with van der Waals surface area (Å²) >= 11 is 0. The van der Waals surface area contributed by atoms with Crippen molar-refractivity contribution in [1.82, 2.24) is 10.2 Å². The smallest absolute Gasteiger partial charge is 0.250 e. The molecule has 0 aliphatic rings. The van der Waals surface area contributed by atoms with Crippen molar-refractivity contribution in [2.75, 3.05) is 11.9 Å². The summed E-state index contributed by atoms with van der Waals surface area (Å²) in [6.07, 6.45) is 5.28. The highest BCUT2D eigenvalue weighted by molar-refractivity contribution is 5.73. The van der Waals surface area contributed by atoms with Crippen LogP contribution in [-0.4, -0.2) is 16.7 Å². The van der Waals surface area contributed by atoms with Crippen LogP contribution in [0.15, 0.2) is 59.0 Å². The van der Waals surface area contributed by atoms with Crippen molar-refractivity contribution >= 4 is 5.69 Å². The van der Waals surface area contributed by atoms with Crippen molar-refractivity contribution in [1.29, 1.82) is 0 Å². The Hall–Kier alpha value is -3.06. The van der Waals surface area contributed by atoms with Gasteiger partial charge in [-0.15, -0.1) is 16.6 Å². The monoisotopic (exact) mass is 275 g/mol. The Kier molecular flexibility index (Phi) is 3.66. The van der Waals surface area contributed by atoms with Crippen LogP contribution in [0.2, 0.25) is 0 Å². The molecule has 21 heavy (non-hydrogen) atoms. The third kappa shape index (κ3) is 2.77. The van der Waals surface area contributed by atoms with E-state index in [0.29, 0.717) is 18.3 Å². The average Bonchev–Trinajstić information content (AvgIpc) is 3.04. The Bertz CT molecular complexity index is 772. The molecule has 0 spiro atoms. The number of aromatic nitrogens is 2. The summed E-state index contributed by atoms with van der Waals surface area (Å²) in [4.78, 5) is 0. The minimum Gasteiger partial charge on any atom is -0.416 e. The summed E-state index contributed by atoms with van der Waals surface area (Å²) in [5, 5.41) is 11.4. The van der Waals surface area contributed by atoms with E-state index >= 15 is 0 Å². The summed E-state index contributed by atoms with van der Waals surface area (Å²) in [6.45, 7) is 0.441. The lowest BCUT2D eigenvalue weighted by atomic mass is 10.2. The number of benzene rings is 2. The summed E-state index contributed by atoms with van der Waals surface area (Å²) in [6, 6.07) is 17.4. The zero-order valence-corrected chi connectivity index (χ0v) is 11.3. The second kappa shape index (κ2) is 5.93. The molecule has 0 aliphatic carbocycles. The standard InChI is InChI=1S/C17H13N3O/c1-2-12-18-15-11-7-6-10-14(15)17-20-19-16(21-17)13-8-4-3-5-9-13/h1,3-11,18H,12H2. The van der Waals surface area contributed by atoms with E-state index < -0.39 is 0 Å². The zero-order chi connectivity index (χ0) is 14.5. The predicted octanol–water partition coefficient (Wildman–Crippen LogP) is 3.45. The second-order valence-corrected chi connectivity index (χ2v) is 4.38. The molecule has 102 valence electrons. The predicted molar refractivity (Wildman–Crippen MR) is 82.5 cm³/mol. The van der Waals surface area contributed by atoms with E-state index in [0.717, 1.165) is 16.8 Å². The number of para-hydroxylation sites is 1. The third-order valence-electron chi connectivity index (χ3n) is 2.98. The van der Waals surface area contributed by atoms with Crippen molar-refractivity contribution in [3.63, 3.8) is 0 Å². The van der Waals surface area contributed by atoms with Crippen LogP contribution < -0.4 is 5.32 Å².